The quantitative estimate of drug-likeness (QED) is 0.383. The van der Waals surface area contributed by atoms with Crippen LogP contribution in [-0.2, 0) is 19.1 Å². The van der Waals surface area contributed by atoms with Gasteiger partial charge in [0.1, 0.15) is 12.9 Å². The number of rotatable bonds is 6. The summed E-state index contributed by atoms with van der Waals surface area (Å²) in [5.74, 6) is 0. The summed E-state index contributed by atoms with van der Waals surface area (Å²) in [5.41, 5.74) is 0. The third-order valence-corrected chi connectivity index (χ3v) is 0.771. The molecule has 0 radical (unpaired) electrons. The molecule has 0 saturated heterocycles. The Bertz CT molecular complexity index is 102. The third-order valence-electron chi connectivity index (χ3n) is 0.771. The lowest BCUT2D eigenvalue weighted by atomic mass is 10.7. The van der Waals surface area contributed by atoms with Gasteiger partial charge in [-0.2, -0.15) is 0 Å². The van der Waals surface area contributed by atoms with Gasteiger partial charge >= 0.3 is 0 Å². The summed E-state index contributed by atoms with van der Waals surface area (Å²) in [5, 5.41) is 0. The topological polar surface area (TPSA) is 52.6 Å². The van der Waals surface area contributed by atoms with Gasteiger partial charge in [-0.15, -0.1) is 0 Å². The van der Waals surface area contributed by atoms with Crippen LogP contribution < -0.4 is 0 Å². The van der Waals surface area contributed by atoms with Gasteiger partial charge in [-0.05, 0) is 6.92 Å². The normalized spacial score (nSPS) is 12.5. The zero-order chi connectivity index (χ0) is 7.82. The number of hydrogen-bond acceptors (Lipinski definition) is 4. The first-order chi connectivity index (χ1) is 4.85. The zero-order valence-electron chi connectivity index (χ0n) is 5.78. The molecule has 1 unspecified atom stereocenters. The molecule has 10 heavy (non-hydrogen) atoms. The maximum Gasteiger partial charge on any atom is 0.215 e. The molecule has 0 N–H and O–H groups in total. The minimum atomic E-state index is -0.893. The molecule has 0 saturated carbocycles. The van der Waals surface area contributed by atoms with Gasteiger partial charge in [0.15, 0.2) is 6.29 Å². The van der Waals surface area contributed by atoms with Gasteiger partial charge in [-0.25, -0.2) is 0 Å². The lowest BCUT2D eigenvalue weighted by molar-refractivity contribution is -0.157. The second-order valence-corrected chi connectivity index (χ2v) is 1.46. The number of carbonyl (C=O) groups excluding carboxylic acids is 2. The van der Waals surface area contributed by atoms with E-state index in [1.54, 1.807) is 6.92 Å². The van der Waals surface area contributed by atoms with E-state index in [9.17, 15) is 9.59 Å². The molecule has 0 aliphatic heterocycles. The fourth-order valence-electron chi connectivity index (χ4n) is 0.425. The van der Waals surface area contributed by atoms with Crippen LogP contribution in [0.2, 0.25) is 0 Å². The number of aldehydes is 2. The van der Waals surface area contributed by atoms with Crippen LogP contribution >= 0.6 is 0 Å². The molecule has 0 aromatic rings. The summed E-state index contributed by atoms with van der Waals surface area (Å²) < 4.78 is 9.37. The predicted octanol–water partition coefficient (Wildman–Crippen LogP) is -0.237. The number of hydrogen-bond donors (Lipinski definition) is 0. The highest BCUT2D eigenvalue weighted by Gasteiger charge is 2.03. The SMILES string of the molecule is CCOC(C=O)OCC=O. The molecular formula is C6H10O4. The van der Waals surface area contributed by atoms with Crippen LogP contribution in [0.15, 0.2) is 0 Å². The molecule has 4 heteroatoms. The summed E-state index contributed by atoms with van der Waals surface area (Å²) in [6, 6.07) is 0. The highest BCUT2D eigenvalue weighted by molar-refractivity contribution is 5.55. The minimum absolute atomic E-state index is 0.108. The van der Waals surface area contributed by atoms with E-state index in [2.05, 4.69) is 4.74 Å². The van der Waals surface area contributed by atoms with Crippen molar-refractivity contribution in [3.63, 3.8) is 0 Å². The Morgan fingerprint density at radius 3 is 2.50 bits per heavy atom. The first kappa shape index (κ1) is 9.26. The van der Waals surface area contributed by atoms with Crippen LogP contribution in [0.5, 0.6) is 0 Å². The molecule has 0 amide bonds. The summed E-state index contributed by atoms with van der Waals surface area (Å²) in [7, 11) is 0. The Kier molecular flexibility index (Phi) is 5.91. The second-order valence-electron chi connectivity index (χ2n) is 1.46. The van der Waals surface area contributed by atoms with E-state index < -0.39 is 6.29 Å². The Morgan fingerprint density at radius 1 is 1.40 bits per heavy atom. The van der Waals surface area contributed by atoms with Crippen LogP contribution in [0, 0.1) is 0 Å². The molecule has 58 valence electrons. The van der Waals surface area contributed by atoms with Gasteiger partial charge in [0.05, 0.1) is 0 Å². The zero-order valence-corrected chi connectivity index (χ0v) is 5.78. The average Bonchev–Trinajstić information content (AvgIpc) is 1.98. The van der Waals surface area contributed by atoms with Crippen molar-refractivity contribution in [2.75, 3.05) is 13.2 Å². The van der Waals surface area contributed by atoms with Crippen LogP contribution in [-0.4, -0.2) is 32.1 Å². The van der Waals surface area contributed by atoms with E-state index in [4.69, 9.17) is 4.74 Å². The molecule has 0 fully saturated rings. The van der Waals surface area contributed by atoms with Gasteiger partial charge < -0.3 is 14.3 Å². The van der Waals surface area contributed by atoms with E-state index >= 15 is 0 Å². The van der Waals surface area contributed by atoms with Gasteiger partial charge in [0.25, 0.3) is 0 Å². The van der Waals surface area contributed by atoms with Gasteiger partial charge in [0, 0.05) is 6.61 Å². The monoisotopic (exact) mass is 146 g/mol. The lowest BCUT2D eigenvalue weighted by Gasteiger charge is -2.07. The Morgan fingerprint density at radius 2 is 2.10 bits per heavy atom. The highest BCUT2D eigenvalue weighted by atomic mass is 16.7. The molecule has 0 aliphatic rings. The van der Waals surface area contributed by atoms with Crippen molar-refractivity contribution in [3.8, 4) is 0 Å². The molecule has 0 rings (SSSR count). The summed E-state index contributed by atoms with van der Waals surface area (Å²) in [6.07, 6.45) is 0.179. The summed E-state index contributed by atoms with van der Waals surface area (Å²) >= 11 is 0. The Balaban J connectivity index is 3.38. The van der Waals surface area contributed by atoms with Crippen LogP contribution in [0.25, 0.3) is 0 Å². The first-order valence-corrected chi connectivity index (χ1v) is 2.97. The standard InChI is InChI=1S/C6H10O4/c1-2-9-6(5-8)10-4-3-7/h3,5-6H,2,4H2,1H3. The van der Waals surface area contributed by atoms with Crippen LogP contribution in [0.1, 0.15) is 6.92 Å². The summed E-state index contributed by atoms with van der Waals surface area (Å²) in [6.45, 7) is 2.02. The van der Waals surface area contributed by atoms with Crippen LogP contribution in [0.4, 0.5) is 0 Å². The number of ether oxygens (including phenoxy) is 2. The van der Waals surface area contributed by atoms with Gasteiger partial charge in [0.2, 0.25) is 6.29 Å². The van der Waals surface area contributed by atoms with E-state index in [1.165, 1.54) is 0 Å². The van der Waals surface area contributed by atoms with Crippen LogP contribution in [0.3, 0.4) is 0 Å². The largest absolute Gasteiger partial charge is 0.347 e. The van der Waals surface area contributed by atoms with Crippen molar-refractivity contribution in [3.05, 3.63) is 0 Å². The molecule has 0 bridgehead atoms. The maximum absolute atomic E-state index is 10.0. The van der Waals surface area contributed by atoms with E-state index in [-0.39, 0.29) is 6.61 Å². The fourth-order valence-corrected chi connectivity index (χ4v) is 0.425. The molecule has 1 atom stereocenters. The highest BCUT2D eigenvalue weighted by Crippen LogP contribution is 1.88. The molecule has 0 aromatic heterocycles. The molecule has 0 aliphatic carbocycles. The molecular weight excluding hydrogens is 136 g/mol. The average molecular weight is 146 g/mol. The predicted molar refractivity (Wildman–Crippen MR) is 33.5 cm³/mol. The molecule has 4 nitrogen and oxygen atoms in total. The van der Waals surface area contributed by atoms with E-state index in [0.717, 1.165) is 0 Å². The van der Waals surface area contributed by atoms with Gasteiger partial charge in [-0.3, -0.25) is 4.79 Å². The number of carbonyl (C=O) groups is 2. The minimum Gasteiger partial charge on any atom is -0.347 e. The Labute approximate surface area is 59.1 Å². The lowest BCUT2D eigenvalue weighted by Crippen LogP contribution is -2.19. The van der Waals surface area contributed by atoms with Crippen molar-refractivity contribution >= 4 is 12.6 Å². The Hall–Kier alpha value is -0.740. The van der Waals surface area contributed by atoms with Crippen molar-refractivity contribution in [2.45, 2.75) is 13.2 Å². The fraction of sp³-hybridized carbons (Fsp3) is 0.667. The third kappa shape index (κ3) is 4.17. The molecule has 0 aromatic carbocycles. The second kappa shape index (κ2) is 6.38. The smallest absolute Gasteiger partial charge is 0.215 e. The first-order valence-electron chi connectivity index (χ1n) is 2.97. The van der Waals surface area contributed by atoms with E-state index in [0.29, 0.717) is 19.2 Å². The van der Waals surface area contributed by atoms with Gasteiger partial charge in [-0.1, -0.05) is 0 Å². The van der Waals surface area contributed by atoms with E-state index in [1.807, 2.05) is 0 Å². The molecule has 0 spiro atoms. The van der Waals surface area contributed by atoms with Crippen molar-refractivity contribution in [1.82, 2.24) is 0 Å². The maximum atomic E-state index is 10.0. The van der Waals surface area contributed by atoms with Crippen molar-refractivity contribution in [2.24, 2.45) is 0 Å². The van der Waals surface area contributed by atoms with Crippen molar-refractivity contribution in [1.29, 1.82) is 0 Å². The molecule has 0 heterocycles. The van der Waals surface area contributed by atoms with Crippen molar-refractivity contribution < 1.29 is 19.1 Å². The summed E-state index contributed by atoms with van der Waals surface area (Å²) in [4.78, 5) is 19.8.